The normalized spacial score (nSPS) is 11.7. The summed E-state index contributed by atoms with van der Waals surface area (Å²) in [6.07, 6.45) is 4.43. The lowest BCUT2D eigenvalue weighted by Crippen LogP contribution is -1.85. The zero-order valence-corrected chi connectivity index (χ0v) is 25.1. The van der Waals surface area contributed by atoms with E-state index in [0.717, 1.165) is 81.7 Å². The summed E-state index contributed by atoms with van der Waals surface area (Å²) in [7, 11) is 0. The molecule has 0 aliphatic carbocycles. The predicted octanol–water partition coefficient (Wildman–Crippen LogP) is 11.8. The molecular weight excluding hydrogens is 549 g/mol. The summed E-state index contributed by atoms with van der Waals surface area (Å²) in [6, 6.07) is 36.9. The minimum absolute atomic E-state index is 0.802. The van der Waals surface area contributed by atoms with Crippen LogP contribution in [-0.2, 0) is 12.8 Å². The molecule has 0 aliphatic rings. The summed E-state index contributed by atoms with van der Waals surface area (Å²) in [6.45, 7) is 4.37. The molecule has 5 aromatic carbocycles. The Bertz CT molecular complexity index is 1720. The van der Waals surface area contributed by atoms with Gasteiger partial charge in [-0.1, -0.05) is 87.4 Å². The van der Waals surface area contributed by atoms with Crippen LogP contribution in [0.2, 0.25) is 0 Å². The summed E-state index contributed by atoms with van der Waals surface area (Å²) in [5, 5.41) is 17.7. The number of aryl methyl sites for hydroxylation is 2. The highest BCUT2D eigenvalue weighted by Crippen LogP contribution is 2.36. The van der Waals surface area contributed by atoms with Crippen LogP contribution in [0.4, 0.5) is 22.7 Å². The molecule has 0 saturated carbocycles. The zero-order valence-electron chi connectivity index (χ0n) is 24.3. The number of rotatable bonds is 10. The van der Waals surface area contributed by atoms with E-state index in [1.54, 1.807) is 0 Å². The molecule has 0 saturated heterocycles. The Labute approximate surface area is 256 Å². The molecule has 0 fully saturated rings. The molecule has 0 unspecified atom stereocenters. The standard InChI is InChI=1S/C36H32N6S/c1-3-5-25-7-15-29(16-8-25)37-39-31-19-11-27(12-20-31)33-23-24-34(36-35(33)41-43-42-36)28-13-21-32(22-14-28)40-38-30-17-9-26(6-4-2)10-18-30/h7-24H,3-6H2,1-2H3. The number of aromatic nitrogens is 2. The third-order valence-electron chi connectivity index (χ3n) is 7.28. The summed E-state index contributed by atoms with van der Waals surface area (Å²) < 4.78 is 9.31. The van der Waals surface area contributed by atoms with Crippen LogP contribution in [-0.4, -0.2) is 8.75 Å². The number of nitrogens with zero attached hydrogens (tertiary/aromatic N) is 6. The predicted molar refractivity (Wildman–Crippen MR) is 178 cm³/mol. The van der Waals surface area contributed by atoms with Gasteiger partial charge in [0.25, 0.3) is 0 Å². The Morgan fingerprint density at radius 1 is 0.442 bits per heavy atom. The molecule has 1 aromatic heterocycles. The van der Waals surface area contributed by atoms with Crippen molar-refractivity contribution >= 4 is 45.5 Å². The van der Waals surface area contributed by atoms with Gasteiger partial charge in [0.1, 0.15) is 11.0 Å². The van der Waals surface area contributed by atoms with E-state index in [-0.39, 0.29) is 0 Å². The topological polar surface area (TPSA) is 75.2 Å². The molecule has 212 valence electrons. The lowest BCUT2D eigenvalue weighted by atomic mass is 9.97. The molecule has 0 N–H and O–H groups in total. The molecule has 6 rings (SSSR count). The number of benzene rings is 5. The first kappa shape index (κ1) is 28.2. The van der Waals surface area contributed by atoms with Gasteiger partial charge in [-0.25, -0.2) is 0 Å². The van der Waals surface area contributed by atoms with Gasteiger partial charge in [-0.05, 0) is 83.6 Å². The Kier molecular flexibility index (Phi) is 8.80. The van der Waals surface area contributed by atoms with Gasteiger partial charge in [0.05, 0.1) is 34.5 Å². The largest absolute Gasteiger partial charge is 0.172 e. The molecule has 7 heteroatoms. The second-order valence-electron chi connectivity index (χ2n) is 10.4. The van der Waals surface area contributed by atoms with Crippen molar-refractivity contribution in [2.45, 2.75) is 39.5 Å². The van der Waals surface area contributed by atoms with Crippen molar-refractivity contribution in [3.8, 4) is 22.3 Å². The van der Waals surface area contributed by atoms with Gasteiger partial charge in [0.2, 0.25) is 0 Å². The zero-order chi connectivity index (χ0) is 29.4. The number of fused-ring (bicyclic) bond motifs is 1. The molecule has 0 spiro atoms. The van der Waals surface area contributed by atoms with Crippen molar-refractivity contribution in [2.75, 3.05) is 0 Å². The van der Waals surface area contributed by atoms with Crippen LogP contribution in [0.25, 0.3) is 33.3 Å². The molecule has 0 bridgehead atoms. The van der Waals surface area contributed by atoms with Gasteiger partial charge in [-0.2, -0.15) is 29.2 Å². The highest BCUT2D eigenvalue weighted by atomic mass is 32.1. The van der Waals surface area contributed by atoms with Crippen molar-refractivity contribution < 1.29 is 0 Å². The maximum atomic E-state index is 4.65. The lowest BCUT2D eigenvalue weighted by molar-refractivity contribution is 0.921. The Balaban J connectivity index is 1.17. The summed E-state index contributed by atoms with van der Waals surface area (Å²) in [4.78, 5) is 0. The smallest absolute Gasteiger partial charge is 0.113 e. The monoisotopic (exact) mass is 580 g/mol. The van der Waals surface area contributed by atoms with Crippen LogP contribution in [0.3, 0.4) is 0 Å². The van der Waals surface area contributed by atoms with E-state index in [1.165, 1.54) is 22.9 Å². The highest BCUT2D eigenvalue weighted by Gasteiger charge is 2.13. The second kappa shape index (κ2) is 13.4. The van der Waals surface area contributed by atoms with Crippen LogP contribution < -0.4 is 0 Å². The van der Waals surface area contributed by atoms with E-state index >= 15 is 0 Å². The van der Waals surface area contributed by atoms with E-state index in [1.807, 2.05) is 48.5 Å². The quantitative estimate of drug-likeness (QED) is 0.151. The van der Waals surface area contributed by atoms with Gasteiger partial charge in [-0.15, -0.1) is 0 Å². The SMILES string of the molecule is CCCc1ccc(N=Nc2ccc(-c3ccc(-c4ccc(N=Nc5ccc(CCC)cc5)cc4)c4nsnc34)cc2)cc1. The van der Waals surface area contributed by atoms with Gasteiger partial charge in [0.15, 0.2) is 0 Å². The van der Waals surface area contributed by atoms with Crippen molar-refractivity contribution in [3.63, 3.8) is 0 Å². The highest BCUT2D eigenvalue weighted by molar-refractivity contribution is 7.00. The third-order valence-corrected chi connectivity index (χ3v) is 7.81. The molecule has 43 heavy (non-hydrogen) atoms. The van der Waals surface area contributed by atoms with Gasteiger partial charge >= 0.3 is 0 Å². The minimum Gasteiger partial charge on any atom is -0.172 e. The van der Waals surface area contributed by atoms with Gasteiger partial charge < -0.3 is 0 Å². The Morgan fingerprint density at radius 2 is 0.767 bits per heavy atom. The molecule has 6 nitrogen and oxygen atoms in total. The van der Waals surface area contributed by atoms with Crippen LogP contribution >= 0.6 is 11.7 Å². The van der Waals surface area contributed by atoms with Crippen molar-refractivity contribution in [1.29, 1.82) is 0 Å². The Hall–Kier alpha value is -4.88. The lowest BCUT2D eigenvalue weighted by Gasteiger charge is -2.07. The van der Waals surface area contributed by atoms with Crippen LogP contribution in [0.1, 0.15) is 37.8 Å². The fraction of sp³-hybridized carbons (Fsp3) is 0.167. The molecule has 0 amide bonds. The van der Waals surface area contributed by atoms with Crippen LogP contribution in [0.15, 0.2) is 130 Å². The first-order chi connectivity index (χ1) is 21.2. The average Bonchev–Trinajstić information content (AvgIpc) is 3.55. The van der Waals surface area contributed by atoms with E-state index in [0.29, 0.717) is 0 Å². The fourth-order valence-electron chi connectivity index (χ4n) is 5.01. The van der Waals surface area contributed by atoms with E-state index in [9.17, 15) is 0 Å². The first-order valence-corrected chi connectivity index (χ1v) is 15.4. The van der Waals surface area contributed by atoms with Gasteiger partial charge in [0, 0.05) is 11.1 Å². The summed E-state index contributed by atoms with van der Waals surface area (Å²) >= 11 is 1.23. The van der Waals surface area contributed by atoms with Crippen molar-refractivity contribution in [2.24, 2.45) is 20.5 Å². The molecule has 0 atom stereocenters. The fourth-order valence-corrected chi connectivity index (χ4v) is 5.59. The van der Waals surface area contributed by atoms with E-state index < -0.39 is 0 Å². The first-order valence-electron chi connectivity index (χ1n) is 14.7. The summed E-state index contributed by atoms with van der Waals surface area (Å²) in [5.74, 6) is 0. The summed E-state index contributed by atoms with van der Waals surface area (Å²) in [5.41, 5.74) is 11.9. The molecule has 6 aromatic rings. The van der Waals surface area contributed by atoms with Crippen molar-refractivity contribution in [1.82, 2.24) is 8.75 Å². The third kappa shape index (κ3) is 6.79. The Morgan fingerprint density at radius 3 is 1.09 bits per heavy atom. The number of hydrogen-bond acceptors (Lipinski definition) is 7. The number of azo groups is 2. The molecular formula is C36H32N6S. The van der Waals surface area contributed by atoms with E-state index in [4.69, 9.17) is 0 Å². The van der Waals surface area contributed by atoms with Crippen LogP contribution in [0.5, 0.6) is 0 Å². The van der Waals surface area contributed by atoms with Crippen LogP contribution in [0, 0.1) is 0 Å². The van der Waals surface area contributed by atoms with Crippen molar-refractivity contribution in [3.05, 3.63) is 120 Å². The van der Waals surface area contributed by atoms with Gasteiger partial charge in [-0.3, -0.25) is 0 Å². The maximum absolute atomic E-state index is 4.65. The number of hydrogen-bond donors (Lipinski definition) is 0. The van der Waals surface area contributed by atoms with E-state index in [2.05, 4.69) is 104 Å². The second-order valence-corrected chi connectivity index (χ2v) is 11.0. The molecule has 0 aliphatic heterocycles. The minimum atomic E-state index is 0.802. The molecule has 0 radical (unpaired) electrons. The maximum Gasteiger partial charge on any atom is 0.113 e. The average molecular weight is 581 g/mol. The molecule has 1 heterocycles.